The molecule has 0 aromatic heterocycles. The maximum absolute atomic E-state index is 11.4. The van der Waals surface area contributed by atoms with Crippen molar-refractivity contribution in [2.75, 3.05) is 13.6 Å². The number of hydrazine groups is 1. The minimum absolute atomic E-state index is 0.0594. The number of aliphatic carboxylic acids is 1. The van der Waals surface area contributed by atoms with Crippen molar-refractivity contribution in [3.05, 3.63) is 5.21 Å². The fourth-order valence-corrected chi connectivity index (χ4v) is 1.13. The van der Waals surface area contributed by atoms with Crippen LogP contribution in [0.2, 0.25) is 0 Å². The van der Waals surface area contributed by atoms with Gasteiger partial charge in [-0.3, -0.25) is 14.4 Å². The third-order valence-corrected chi connectivity index (χ3v) is 2.01. The van der Waals surface area contributed by atoms with Gasteiger partial charge in [0.25, 0.3) is 6.29 Å². The van der Waals surface area contributed by atoms with Gasteiger partial charge >= 0.3 is 11.9 Å². The predicted octanol–water partition coefficient (Wildman–Crippen LogP) is 0.891. The molecule has 0 heterocycles. The van der Waals surface area contributed by atoms with Gasteiger partial charge in [0, 0.05) is 20.3 Å². The summed E-state index contributed by atoms with van der Waals surface area (Å²) >= 11 is 0. The zero-order valence-corrected chi connectivity index (χ0v) is 11.2. The predicted molar refractivity (Wildman–Crippen MR) is 62.5 cm³/mol. The standard InChI is InChI=1S/C10H19N3O6/c1-8(14)18-9(2)19-11-13(17)12(3)7-5-4-6-10(15)16/h9H,4-7H2,1-3H3,(H,15,16). The Balaban J connectivity index is 3.93. The van der Waals surface area contributed by atoms with Gasteiger partial charge in [-0.2, -0.15) is 0 Å². The maximum Gasteiger partial charge on any atom is 0.305 e. The largest absolute Gasteiger partial charge is 0.569 e. The van der Waals surface area contributed by atoms with E-state index in [4.69, 9.17) is 5.11 Å². The highest BCUT2D eigenvalue weighted by Gasteiger charge is 2.10. The number of unbranched alkanes of at least 4 members (excludes halogenated alkanes) is 1. The van der Waals surface area contributed by atoms with Gasteiger partial charge in [-0.15, -0.1) is 5.01 Å². The van der Waals surface area contributed by atoms with Gasteiger partial charge in [-0.1, -0.05) is 0 Å². The number of hydrogen-bond donors (Lipinski definition) is 1. The number of carbonyl (C=O) groups is 2. The molecule has 1 N–H and O–H groups in total. The quantitative estimate of drug-likeness (QED) is 0.166. The minimum Gasteiger partial charge on any atom is -0.569 e. The van der Waals surface area contributed by atoms with Crippen molar-refractivity contribution in [2.24, 2.45) is 5.28 Å². The summed E-state index contributed by atoms with van der Waals surface area (Å²) in [6.07, 6.45) is 0.118. The Hall–Kier alpha value is -2.06. The van der Waals surface area contributed by atoms with Crippen LogP contribution in [0.15, 0.2) is 5.28 Å². The third-order valence-electron chi connectivity index (χ3n) is 2.01. The van der Waals surface area contributed by atoms with E-state index < -0.39 is 18.2 Å². The number of esters is 1. The van der Waals surface area contributed by atoms with Crippen LogP contribution >= 0.6 is 0 Å². The molecule has 1 atom stereocenters. The molecular formula is C10H19N3O6. The van der Waals surface area contributed by atoms with Crippen molar-refractivity contribution < 1.29 is 29.2 Å². The van der Waals surface area contributed by atoms with Gasteiger partial charge in [-0.05, 0) is 12.8 Å². The molecule has 9 nitrogen and oxygen atoms in total. The average molecular weight is 277 g/mol. The summed E-state index contributed by atoms with van der Waals surface area (Å²) in [5, 5.41) is 24.2. The molecule has 0 rings (SSSR count). The molecule has 0 aromatic carbocycles. The Kier molecular flexibility index (Phi) is 7.98. The molecule has 0 aliphatic rings. The molecular weight excluding hydrogens is 258 g/mol. The molecule has 0 radical (unpaired) electrons. The van der Waals surface area contributed by atoms with Crippen LogP contribution in [0.25, 0.3) is 0 Å². The molecule has 19 heavy (non-hydrogen) atoms. The molecule has 110 valence electrons. The minimum atomic E-state index is -0.950. The molecule has 1 unspecified atom stereocenters. The number of nitrogens with zero attached hydrogens (tertiary/aromatic N) is 3. The van der Waals surface area contributed by atoms with Crippen LogP contribution in [-0.2, 0) is 19.2 Å². The van der Waals surface area contributed by atoms with Gasteiger partial charge in [0.1, 0.15) is 0 Å². The van der Waals surface area contributed by atoms with E-state index in [-0.39, 0.29) is 11.4 Å². The van der Waals surface area contributed by atoms with Crippen LogP contribution in [0.3, 0.4) is 0 Å². The maximum atomic E-state index is 11.4. The lowest BCUT2D eigenvalue weighted by atomic mass is 10.2. The molecule has 0 fully saturated rings. The van der Waals surface area contributed by atoms with E-state index in [9.17, 15) is 14.8 Å². The Bertz CT molecular complexity index is 333. The molecule has 0 aliphatic carbocycles. The Morgan fingerprint density at radius 3 is 2.63 bits per heavy atom. The van der Waals surface area contributed by atoms with Crippen molar-refractivity contribution in [3.63, 3.8) is 0 Å². The first-order chi connectivity index (χ1) is 8.82. The number of hydrogen-bond acceptors (Lipinski definition) is 6. The number of carboxylic acids is 1. The van der Waals surface area contributed by atoms with Crippen molar-refractivity contribution in [3.8, 4) is 0 Å². The van der Waals surface area contributed by atoms with Crippen molar-refractivity contribution in [2.45, 2.75) is 39.4 Å². The Labute approximate surface area is 110 Å². The summed E-state index contributed by atoms with van der Waals surface area (Å²) < 4.78 is 4.60. The number of carbonyl (C=O) groups excluding carboxylic acids is 1. The van der Waals surface area contributed by atoms with Gasteiger partial charge < -0.3 is 15.1 Å². The monoisotopic (exact) mass is 277 g/mol. The first-order valence-corrected chi connectivity index (χ1v) is 5.77. The second-order valence-corrected chi connectivity index (χ2v) is 3.85. The second kappa shape index (κ2) is 8.95. The summed E-state index contributed by atoms with van der Waals surface area (Å²) in [7, 11) is 1.48. The molecule has 0 aliphatic heterocycles. The molecule has 0 saturated carbocycles. The van der Waals surface area contributed by atoms with Crippen LogP contribution in [-0.4, -0.2) is 46.9 Å². The van der Waals surface area contributed by atoms with Crippen molar-refractivity contribution >= 4 is 11.9 Å². The summed E-state index contributed by atoms with van der Waals surface area (Å²) in [6.45, 7) is 2.97. The van der Waals surface area contributed by atoms with Crippen LogP contribution < -0.4 is 0 Å². The van der Waals surface area contributed by atoms with Crippen LogP contribution in [0.4, 0.5) is 0 Å². The zero-order valence-electron chi connectivity index (χ0n) is 11.2. The lowest BCUT2D eigenvalue weighted by molar-refractivity contribution is -0.707. The first-order valence-electron chi connectivity index (χ1n) is 5.77. The fourth-order valence-electron chi connectivity index (χ4n) is 1.13. The second-order valence-electron chi connectivity index (χ2n) is 3.85. The van der Waals surface area contributed by atoms with Crippen molar-refractivity contribution in [1.29, 1.82) is 0 Å². The topological polar surface area (TPSA) is 114 Å². The van der Waals surface area contributed by atoms with Gasteiger partial charge in [0.2, 0.25) is 5.28 Å². The lowest BCUT2D eigenvalue weighted by Crippen LogP contribution is -2.28. The van der Waals surface area contributed by atoms with Crippen LogP contribution in [0.1, 0.15) is 33.1 Å². The van der Waals surface area contributed by atoms with E-state index >= 15 is 0 Å². The highest BCUT2D eigenvalue weighted by molar-refractivity contribution is 5.66. The summed E-state index contributed by atoms with van der Waals surface area (Å²) in [6, 6.07) is 0. The summed E-state index contributed by atoms with van der Waals surface area (Å²) in [5.41, 5.74) is 0. The van der Waals surface area contributed by atoms with Gasteiger partial charge in [0.05, 0.1) is 18.6 Å². The smallest absolute Gasteiger partial charge is 0.305 e. The van der Waals surface area contributed by atoms with Crippen molar-refractivity contribution in [1.82, 2.24) is 5.01 Å². The van der Waals surface area contributed by atoms with E-state index in [1.54, 1.807) is 0 Å². The average Bonchev–Trinajstić information content (AvgIpc) is 2.30. The Morgan fingerprint density at radius 2 is 2.11 bits per heavy atom. The normalized spacial score (nSPS) is 12.7. The van der Waals surface area contributed by atoms with Crippen LogP contribution in [0.5, 0.6) is 0 Å². The molecule has 0 bridgehead atoms. The van der Waals surface area contributed by atoms with Crippen LogP contribution in [0, 0.1) is 5.21 Å². The highest BCUT2D eigenvalue weighted by Crippen LogP contribution is 2.00. The molecule has 0 spiro atoms. The SMILES string of the molecule is CC(=O)OC(C)ON=[N+]([O-])N(C)CCCCC(=O)O. The van der Waals surface area contributed by atoms with E-state index in [0.29, 0.717) is 19.4 Å². The van der Waals surface area contributed by atoms with E-state index in [0.717, 1.165) is 0 Å². The van der Waals surface area contributed by atoms with E-state index in [1.165, 1.54) is 25.9 Å². The zero-order chi connectivity index (χ0) is 14.8. The molecule has 0 aromatic rings. The summed E-state index contributed by atoms with van der Waals surface area (Å²) in [4.78, 5) is 25.7. The fraction of sp³-hybridized carbons (Fsp3) is 0.800. The van der Waals surface area contributed by atoms with Gasteiger partial charge in [-0.25, -0.2) is 0 Å². The molecule has 0 saturated heterocycles. The van der Waals surface area contributed by atoms with E-state index in [1.807, 2.05) is 0 Å². The van der Waals surface area contributed by atoms with E-state index in [2.05, 4.69) is 14.9 Å². The Morgan fingerprint density at radius 1 is 1.47 bits per heavy atom. The number of carboxylic acid groups (broad SMARTS) is 1. The summed E-state index contributed by atoms with van der Waals surface area (Å²) in [5.74, 6) is -1.41. The number of rotatable bonds is 9. The lowest BCUT2D eigenvalue weighted by Gasteiger charge is -2.13. The molecule has 9 heteroatoms. The highest BCUT2D eigenvalue weighted by atomic mass is 16.8. The molecule has 0 amide bonds. The van der Waals surface area contributed by atoms with Gasteiger partial charge in [0.15, 0.2) is 0 Å². The number of ether oxygens (including phenoxy) is 1. The first kappa shape index (κ1) is 16.9. The third kappa shape index (κ3) is 9.62.